The molecular formula is C13H18N2OS. The molecule has 1 amide bonds. The molecule has 1 aromatic carbocycles. The van der Waals surface area contributed by atoms with Gasteiger partial charge in [-0.2, -0.15) is 0 Å². The lowest BCUT2D eigenvalue weighted by molar-refractivity contribution is -0.122. The third-order valence-electron chi connectivity index (χ3n) is 2.98. The Kier molecular flexibility index (Phi) is 4.07. The van der Waals surface area contributed by atoms with E-state index < -0.39 is 0 Å². The van der Waals surface area contributed by atoms with Gasteiger partial charge < -0.3 is 11.1 Å². The van der Waals surface area contributed by atoms with Gasteiger partial charge in [-0.05, 0) is 42.9 Å². The molecule has 0 unspecified atom stereocenters. The van der Waals surface area contributed by atoms with E-state index in [0.717, 1.165) is 24.3 Å². The van der Waals surface area contributed by atoms with E-state index >= 15 is 0 Å². The molecule has 1 aliphatic rings. The van der Waals surface area contributed by atoms with E-state index in [1.165, 1.54) is 4.90 Å². The smallest absolute Gasteiger partial charge is 0.227 e. The number of nitrogens with one attached hydrogen (secondary N) is 1. The lowest BCUT2D eigenvalue weighted by Crippen LogP contribution is -2.42. The van der Waals surface area contributed by atoms with E-state index in [-0.39, 0.29) is 17.9 Å². The Morgan fingerprint density at radius 1 is 1.41 bits per heavy atom. The molecule has 1 aliphatic carbocycles. The summed E-state index contributed by atoms with van der Waals surface area (Å²) >= 11 is 1.80. The largest absolute Gasteiger partial charge is 0.328 e. The van der Waals surface area contributed by atoms with Gasteiger partial charge in [-0.3, -0.25) is 4.79 Å². The Morgan fingerprint density at radius 3 is 2.59 bits per heavy atom. The van der Waals surface area contributed by atoms with Crippen LogP contribution in [-0.2, 0) is 4.79 Å². The SMILES string of the molecule is CCSc1ccc(NC(=O)C2CC(N)C2)cc1. The number of carbonyl (C=O) groups is 1. The molecule has 0 saturated heterocycles. The Bertz CT molecular complexity index is 385. The van der Waals surface area contributed by atoms with Crippen LogP contribution >= 0.6 is 11.8 Å². The van der Waals surface area contributed by atoms with Crippen LogP contribution in [0.2, 0.25) is 0 Å². The van der Waals surface area contributed by atoms with Crippen molar-refractivity contribution in [2.45, 2.75) is 30.7 Å². The maximum absolute atomic E-state index is 11.8. The van der Waals surface area contributed by atoms with Crippen LogP contribution in [0.5, 0.6) is 0 Å². The zero-order valence-electron chi connectivity index (χ0n) is 9.98. The second kappa shape index (κ2) is 5.56. The maximum atomic E-state index is 11.8. The second-order valence-electron chi connectivity index (χ2n) is 4.38. The van der Waals surface area contributed by atoms with Gasteiger partial charge in [0.2, 0.25) is 5.91 Å². The van der Waals surface area contributed by atoms with Gasteiger partial charge in [0.25, 0.3) is 0 Å². The van der Waals surface area contributed by atoms with Crippen molar-refractivity contribution < 1.29 is 4.79 Å². The Labute approximate surface area is 106 Å². The molecule has 0 atom stereocenters. The van der Waals surface area contributed by atoms with Crippen molar-refractivity contribution in [2.24, 2.45) is 11.7 Å². The van der Waals surface area contributed by atoms with E-state index in [9.17, 15) is 4.79 Å². The van der Waals surface area contributed by atoms with Gasteiger partial charge in [0.15, 0.2) is 0 Å². The summed E-state index contributed by atoms with van der Waals surface area (Å²) in [5, 5.41) is 2.93. The molecular weight excluding hydrogens is 232 g/mol. The topological polar surface area (TPSA) is 55.1 Å². The fourth-order valence-electron chi connectivity index (χ4n) is 1.92. The number of carbonyl (C=O) groups excluding carboxylic acids is 1. The first kappa shape index (κ1) is 12.5. The van der Waals surface area contributed by atoms with Crippen LogP contribution in [0.4, 0.5) is 5.69 Å². The van der Waals surface area contributed by atoms with Crippen LogP contribution in [-0.4, -0.2) is 17.7 Å². The first-order chi connectivity index (χ1) is 8.19. The number of rotatable bonds is 4. The first-order valence-electron chi connectivity index (χ1n) is 5.98. The van der Waals surface area contributed by atoms with Crippen LogP contribution in [0.15, 0.2) is 29.2 Å². The molecule has 2 rings (SSSR count). The van der Waals surface area contributed by atoms with Crippen LogP contribution in [0.1, 0.15) is 19.8 Å². The van der Waals surface area contributed by atoms with E-state index in [1.54, 1.807) is 11.8 Å². The molecule has 1 aromatic rings. The summed E-state index contributed by atoms with van der Waals surface area (Å²) in [7, 11) is 0. The molecule has 0 radical (unpaired) electrons. The first-order valence-corrected chi connectivity index (χ1v) is 6.97. The molecule has 3 N–H and O–H groups in total. The van der Waals surface area contributed by atoms with Gasteiger partial charge in [0.1, 0.15) is 0 Å². The Balaban J connectivity index is 1.88. The van der Waals surface area contributed by atoms with Crippen molar-refractivity contribution in [3.8, 4) is 0 Å². The highest BCUT2D eigenvalue weighted by atomic mass is 32.2. The average Bonchev–Trinajstić information content (AvgIpc) is 2.28. The van der Waals surface area contributed by atoms with E-state index in [1.807, 2.05) is 24.3 Å². The average molecular weight is 250 g/mol. The number of hydrogen-bond acceptors (Lipinski definition) is 3. The fraction of sp³-hybridized carbons (Fsp3) is 0.462. The van der Waals surface area contributed by atoms with Crippen LogP contribution < -0.4 is 11.1 Å². The number of amides is 1. The molecule has 1 fully saturated rings. The fourth-order valence-corrected chi connectivity index (χ4v) is 2.58. The monoisotopic (exact) mass is 250 g/mol. The number of thioether (sulfide) groups is 1. The standard InChI is InChI=1S/C13H18N2OS/c1-2-17-12-5-3-11(4-6-12)15-13(16)9-7-10(14)8-9/h3-6,9-10H,2,7-8,14H2,1H3,(H,15,16). The summed E-state index contributed by atoms with van der Waals surface area (Å²) in [6.45, 7) is 2.13. The Hall–Kier alpha value is -1.00. The van der Waals surface area contributed by atoms with E-state index in [2.05, 4.69) is 12.2 Å². The summed E-state index contributed by atoms with van der Waals surface area (Å²) in [5.41, 5.74) is 6.54. The van der Waals surface area contributed by atoms with Gasteiger partial charge in [0.05, 0.1) is 0 Å². The number of anilines is 1. The minimum atomic E-state index is 0.0996. The van der Waals surface area contributed by atoms with Crippen molar-refractivity contribution in [3.63, 3.8) is 0 Å². The van der Waals surface area contributed by atoms with Crippen molar-refractivity contribution >= 4 is 23.4 Å². The van der Waals surface area contributed by atoms with Crippen molar-refractivity contribution in [1.82, 2.24) is 0 Å². The summed E-state index contributed by atoms with van der Waals surface area (Å²) in [4.78, 5) is 13.0. The zero-order chi connectivity index (χ0) is 12.3. The quantitative estimate of drug-likeness (QED) is 0.807. The molecule has 0 aliphatic heterocycles. The van der Waals surface area contributed by atoms with Crippen molar-refractivity contribution in [2.75, 3.05) is 11.1 Å². The molecule has 1 saturated carbocycles. The Morgan fingerprint density at radius 2 is 2.06 bits per heavy atom. The highest BCUT2D eigenvalue weighted by Crippen LogP contribution is 2.27. The number of benzene rings is 1. The van der Waals surface area contributed by atoms with Gasteiger partial charge in [0, 0.05) is 22.5 Å². The summed E-state index contributed by atoms with van der Waals surface area (Å²) in [6, 6.07) is 8.20. The lowest BCUT2D eigenvalue weighted by Gasteiger charge is -2.31. The molecule has 17 heavy (non-hydrogen) atoms. The van der Waals surface area contributed by atoms with Gasteiger partial charge >= 0.3 is 0 Å². The van der Waals surface area contributed by atoms with Crippen molar-refractivity contribution in [3.05, 3.63) is 24.3 Å². The third kappa shape index (κ3) is 3.23. The molecule has 0 aromatic heterocycles. The van der Waals surface area contributed by atoms with Gasteiger partial charge in [-0.1, -0.05) is 6.92 Å². The summed E-state index contributed by atoms with van der Waals surface area (Å²) in [6.07, 6.45) is 1.63. The highest BCUT2D eigenvalue weighted by molar-refractivity contribution is 7.99. The molecule has 0 bridgehead atoms. The zero-order valence-corrected chi connectivity index (χ0v) is 10.8. The molecule has 92 valence electrons. The van der Waals surface area contributed by atoms with E-state index in [0.29, 0.717) is 0 Å². The predicted molar refractivity (Wildman–Crippen MR) is 72.2 cm³/mol. The predicted octanol–water partition coefficient (Wildman–Crippen LogP) is 2.47. The normalized spacial score (nSPS) is 22.9. The molecule has 0 spiro atoms. The number of hydrogen-bond donors (Lipinski definition) is 2. The lowest BCUT2D eigenvalue weighted by atomic mass is 9.80. The number of nitrogens with two attached hydrogens (primary N) is 1. The van der Waals surface area contributed by atoms with Gasteiger partial charge in [-0.25, -0.2) is 0 Å². The highest BCUT2D eigenvalue weighted by Gasteiger charge is 2.31. The third-order valence-corrected chi connectivity index (χ3v) is 3.87. The van der Waals surface area contributed by atoms with Crippen LogP contribution in [0.3, 0.4) is 0 Å². The van der Waals surface area contributed by atoms with Crippen molar-refractivity contribution in [1.29, 1.82) is 0 Å². The molecule has 4 heteroatoms. The molecule has 3 nitrogen and oxygen atoms in total. The van der Waals surface area contributed by atoms with Crippen LogP contribution in [0, 0.1) is 5.92 Å². The van der Waals surface area contributed by atoms with E-state index in [4.69, 9.17) is 5.73 Å². The summed E-state index contributed by atoms with van der Waals surface area (Å²) in [5.74, 6) is 1.27. The van der Waals surface area contributed by atoms with Crippen LogP contribution in [0.25, 0.3) is 0 Å². The molecule has 0 heterocycles. The minimum absolute atomic E-state index is 0.0996. The second-order valence-corrected chi connectivity index (χ2v) is 5.71. The minimum Gasteiger partial charge on any atom is -0.328 e. The summed E-state index contributed by atoms with van der Waals surface area (Å²) < 4.78 is 0. The van der Waals surface area contributed by atoms with Gasteiger partial charge in [-0.15, -0.1) is 11.8 Å². The maximum Gasteiger partial charge on any atom is 0.227 e.